The fraction of sp³-hybridized carbons (Fsp3) is 0.368. The molecule has 3 aromatic rings. The Morgan fingerprint density at radius 3 is 3.08 bits per heavy atom. The fourth-order valence-electron chi connectivity index (χ4n) is 3.06. The maximum atomic E-state index is 5.97. The summed E-state index contributed by atoms with van der Waals surface area (Å²) in [7, 11) is 0. The van der Waals surface area contributed by atoms with Gasteiger partial charge in [-0.25, -0.2) is 9.97 Å². The van der Waals surface area contributed by atoms with Gasteiger partial charge < -0.3 is 9.47 Å². The van der Waals surface area contributed by atoms with Gasteiger partial charge in [0.2, 0.25) is 5.88 Å². The molecule has 1 aliphatic rings. The largest absolute Gasteiger partial charge is 0.474 e. The summed E-state index contributed by atoms with van der Waals surface area (Å²) >= 11 is 1.83. The lowest BCUT2D eigenvalue weighted by atomic mass is 10.2. The summed E-state index contributed by atoms with van der Waals surface area (Å²) in [5, 5.41) is 3.10. The van der Waals surface area contributed by atoms with Crippen LogP contribution in [0.1, 0.15) is 10.4 Å². The molecule has 6 heteroatoms. The van der Waals surface area contributed by atoms with E-state index < -0.39 is 0 Å². The molecule has 0 N–H and O–H groups in total. The van der Waals surface area contributed by atoms with E-state index in [4.69, 9.17) is 9.47 Å². The zero-order chi connectivity index (χ0) is 17.1. The molecule has 1 aromatic carbocycles. The minimum atomic E-state index is 0.0581. The molecular formula is C19H21N3O2S. The van der Waals surface area contributed by atoms with Gasteiger partial charge in [-0.05, 0) is 36.1 Å². The molecule has 1 fully saturated rings. The Bertz CT molecular complexity index is 846. The van der Waals surface area contributed by atoms with E-state index in [1.54, 1.807) is 6.33 Å². The Morgan fingerprint density at radius 1 is 1.28 bits per heavy atom. The van der Waals surface area contributed by atoms with Crippen molar-refractivity contribution in [3.63, 3.8) is 0 Å². The van der Waals surface area contributed by atoms with Gasteiger partial charge in [-0.1, -0.05) is 12.1 Å². The number of ether oxygens (including phenoxy) is 2. The number of para-hydroxylation sites is 1. The second kappa shape index (κ2) is 7.47. The Labute approximate surface area is 151 Å². The molecule has 1 saturated heterocycles. The van der Waals surface area contributed by atoms with Gasteiger partial charge in [0, 0.05) is 24.5 Å². The topological polar surface area (TPSA) is 47.5 Å². The second-order valence-electron chi connectivity index (χ2n) is 6.26. The summed E-state index contributed by atoms with van der Waals surface area (Å²) in [4.78, 5) is 12.4. The van der Waals surface area contributed by atoms with Gasteiger partial charge in [0.05, 0.1) is 17.5 Å². The summed E-state index contributed by atoms with van der Waals surface area (Å²) in [6.07, 6.45) is 1.60. The van der Waals surface area contributed by atoms with Gasteiger partial charge in [0.25, 0.3) is 0 Å². The number of aryl methyl sites for hydroxylation is 1. The third-order valence-electron chi connectivity index (χ3n) is 4.47. The minimum absolute atomic E-state index is 0.0581. The van der Waals surface area contributed by atoms with Crippen LogP contribution in [0.4, 0.5) is 0 Å². The Morgan fingerprint density at radius 2 is 2.20 bits per heavy atom. The number of thiophene rings is 1. The van der Waals surface area contributed by atoms with E-state index in [1.165, 1.54) is 10.4 Å². The van der Waals surface area contributed by atoms with Crippen molar-refractivity contribution in [1.29, 1.82) is 0 Å². The van der Waals surface area contributed by atoms with Crippen LogP contribution in [0.25, 0.3) is 10.9 Å². The van der Waals surface area contributed by atoms with Gasteiger partial charge in [-0.15, -0.1) is 11.3 Å². The van der Waals surface area contributed by atoms with Crippen LogP contribution in [0, 0.1) is 6.92 Å². The van der Waals surface area contributed by atoms with E-state index in [0.717, 1.165) is 37.1 Å². The molecule has 25 heavy (non-hydrogen) atoms. The smallest absolute Gasteiger partial charge is 0.224 e. The van der Waals surface area contributed by atoms with Crippen molar-refractivity contribution < 1.29 is 9.47 Å². The van der Waals surface area contributed by atoms with Gasteiger partial charge in [0.15, 0.2) is 0 Å². The van der Waals surface area contributed by atoms with Crippen molar-refractivity contribution in [2.75, 3.05) is 26.3 Å². The predicted octanol–water partition coefficient (Wildman–Crippen LogP) is 3.28. The summed E-state index contributed by atoms with van der Waals surface area (Å²) in [6, 6.07) is 10.1. The van der Waals surface area contributed by atoms with Crippen LogP contribution in [-0.4, -0.2) is 47.3 Å². The van der Waals surface area contributed by atoms with Crippen molar-refractivity contribution in [3.8, 4) is 5.88 Å². The lowest BCUT2D eigenvalue weighted by Gasteiger charge is -2.32. The summed E-state index contributed by atoms with van der Waals surface area (Å²) in [5.41, 5.74) is 2.27. The molecule has 0 amide bonds. The van der Waals surface area contributed by atoms with Crippen molar-refractivity contribution in [3.05, 3.63) is 52.5 Å². The van der Waals surface area contributed by atoms with Crippen LogP contribution in [0.2, 0.25) is 0 Å². The second-order valence-corrected chi connectivity index (χ2v) is 7.26. The molecular weight excluding hydrogens is 334 g/mol. The highest BCUT2D eigenvalue weighted by Gasteiger charge is 2.22. The maximum absolute atomic E-state index is 5.97. The number of benzene rings is 1. The zero-order valence-corrected chi connectivity index (χ0v) is 15.0. The first kappa shape index (κ1) is 16.4. The molecule has 0 spiro atoms. The zero-order valence-electron chi connectivity index (χ0n) is 14.2. The highest BCUT2D eigenvalue weighted by Crippen LogP contribution is 2.22. The number of aromatic nitrogens is 2. The number of hydrogen-bond acceptors (Lipinski definition) is 6. The number of hydrogen-bond donors (Lipinski definition) is 0. The highest BCUT2D eigenvalue weighted by atomic mass is 32.1. The monoisotopic (exact) mass is 355 g/mol. The van der Waals surface area contributed by atoms with Crippen molar-refractivity contribution >= 4 is 22.2 Å². The summed E-state index contributed by atoms with van der Waals surface area (Å²) in [6.45, 7) is 6.24. The van der Waals surface area contributed by atoms with E-state index in [0.29, 0.717) is 12.5 Å². The molecule has 4 rings (SSSR count). The Balaban J connectivity index is 1.38. The van der Waals surface area contributed by atoms with Crippen molar-refractivity contribution in [1.82, 2.24) is 14.9 Å². The molecule has 0 aliphatic carbocycles. The van der Waals surface area contributed by atoms with Gasteiger partial charge >= 0.3 is 0 Å². The average molecular weight is 355 g/mol. The number of fused-ring (bicyclic) bond motifs is 1. The molecule has 0 saturated carbocycles. The lowest BCUT2D eigenvalue weighted by molar-refractivity contribution is -0.0505. The molecule has 3 heterocycles. The van der Waals surface area contributed by atoms with Crippen molar-refractivity contribution in [2.45, 2.75) is 19.6 Å². The first-order valence-corrected chi connectivity index (χ1v) is 9.37. The predicted molar refractivity (Wildman–Crippen MR) is 99.1 cm³/mol. The van der Waals surface area contributed by atoms with Gasteiger partial charge in [-0.3, -0.25) is 4.90 Å². The van der Waals surface area contributed by atoms with E-state index in [2.05, 4.69) is 33.2 Å². The quantitative estimate of drug-likeness (QED) is 0.703. The molecule has 5 nitrogen and oxygen atoms in total. The van der Waals surface area contributed by atoms with E-state index >= 15 is 0 Å². The third kappa shape index (κ3) is 3.81. The van der Waals surface area contributed by atoms with E-state index in [-0.39, 0.29) is 6.10 Å². The minimum Gasteiger partial charge on any atom is -0.474 e. The number of rotatable bonds is 5. The van der Waals surface area contributed by atoms with E-state index in [1.807, 2.05) is 35.6 Å². The molecule has 130 valence electrons. The SMILES string of the molecule is Cc1ccsc1CN1CCOC(COc2ncnc3ccccc23)C1. The van der Waals surface area contributed by atoms with Crippen LogP contribution >= 0.6 is 11.3 Å². The first-order chi connectivity index (χ1) is 12.3. The first-order valence-electron chi connectivity index (χ1n) is 8.49. The van der Waals surface area contributed by atoms with Crippen LogP contribution in [0.15, 0.2) is 42.0 Å². The molecule has 1 unspecified atom stereocenters. The van der Waals surface area contributed by atoms with Crippen LogP contribution in [0.5, 0.6) is 5.88 Å². The van der Waals surface area contributed by atoms with Crippen LogP contribution in [0.3, 0.4) is 0 Å². The molecule has 1 atom stereocenters. The summed E-state index contributed by atoms with van der Waals surface area (Å²) < 4.78 is 11.9. The molecule has 2 aromatic heterocycles. The number of nitrogens with zero attached hydrogens (tertiary/aromatic N) is 3. The van der Waals surface area contributed by atoms with Crippen molar-refractivity contribution in [2.24, 2.45) is 0 Å². The maximum Gasteiger partial charge on any atom is 0.224 e. The Hall–Kier alpha value is -2.02. The van der Waals surface area contributed by atoms with Gasteiger partial charge in [0.1, 0.15) is 19.0 Å². The summed E-state index contributed by atoms with van der Waals surface area (Å²) in [5.74, 6) is 0.625. The van der Waals surface area contributed by atoms with E-state index in [9.17, 15) is 0 Å². The normalized spacial score (nSPS) is 18.5. The standard InChI is InChI=1S/C19H21N3O2S/c1-14-6-9-25-18(14)11-22-7-8-23-15(10-22)12-24-19-16-4-2-3-5-17(16)20-13-21-19/h2-6,9,13,15H,7-8,10-12H2,1H3. The molecule has 0 bridgehead atoms. The Kier molecular flexibility index (Phi) is 4.92. The highest BCUT2D eigenvalue weighted by molar-refractivity contribution is 7.10. The van der Waals surface area contributed by atoms with Crippen LogP contribution in [-0.2, 0) is 11.3 Å². The number of morpholine rings is 1. The average Bonchev–Trinajstić information content (AvgIpc) is 3.05. The lowest BCUT2D eigenvalue weighted by Crippen LogP contribution is -2.44. The van der Waals surface area contributed by atoms with Gasteiger partial charge in [-0.2, -0.15) is 0 Å². The molecule has 1 aliphatic heterocycles. The van der Waals surface area contributed by atoms with Crippen LogP contribution < -0.4 is 4.74 Å². The fourth-order valence-corrected chi connectivity index (χ4v) is 4.01. The molecule has 0 radical (unpaired) electrons. The third-order valence-corrected chi connectivity index (χ3v) is 5.48.